The van der Waals surface area contributed by atoms with Crippen molar-refractivity contribution in [1.82, 2.24) is 0 Å². The number of benzene rings is 4. The monoisotopic (exact) mass is 542 g/mol. The average Bonchev–Trinajstić information content (AvgIpc) is 3.56. The number of cyclic esters (lactones) is 2. The molecule has 0 spiro atoms. The van der Waals surface area contributed by atoms with Crippen molar-refractivity contribution in [2.24, 2.45) is 11.8 Å². The van der Waals surface area contributed by atoms with Gasteiger partial charge in [0, 0.05) is 0 Å². The Morgan fingerprint density at radius 1 is 0.537 bits per heavy atom. The molecule has 3 aliphatic rings. The highest BCUT2D eigenvalue weighted by molar-refractivity contribution is 6.34. The van der Waals surface area contributed by atoms with E-state index in [0.29, 0.717) is 33.8 Å². The van der Waals surface area contributed by atoms with E-state index in [2.05, 4.69) is 0 Å². The Morgan fingerprint density at radius 3 is 1.24 bits per heavy atom. The van der Waals surface area contributed by atoms with E-state index in [1.807, 2.05) is 109 Å². The first-order valence-corrected chi connectivity index (χ1v) is 13.4. The molecule has 0 amide bonds. The van der Waals surface area contributed by atoms with Crippen LogP contribution in [0.15, 0.2) is 109 Å². The number of esters is 2. The summed E-state index contributed by atoms with van der Waals surface area (Å²) >= 11 is 0. The number of ketones is 1. The molecule has 2 bridgehead atoms. The van der Waals surface area contributed by atoms with E-state index in [1.54, 1.807) is 14.2 Å². The number of allylic oxidation sites excluding steroid dienone is 2. The minimum atomic E-state index is -1.46. The molecule has 0 unspecified atom stereocenters. The van der Waals surface area contributed by atoms with Crippen LogP contribution in [0, 0.1) is 11.8 Å². The first-order chi connectivity index (χ1) is 20.0. The number of carbonyl (C=O) groups is 3. The molecule has 0 N–H and O–H groups in total. The third kappa shape index (κ3) is 3.10. The van der Waals surface area contributed by atoms with E-state index < -0.39 is 34.6 Å². The van der Waals surface area contributed by atoms with Crippen LogP contribution in [0.1, 0.15) is 22.3 Å². The number of hydrogen-bond acceptors (Lipinski definition) is 6. The zero-order chi connectivity index (χ0) is 28.4. The van der Waals surface area contributed by atoms with Gasteiger partial charge in [0.1, 0.15) is 11.5 Å². The summed E-state index contributed by atoms with van der Waals surface area (Å²) in [6.07, 6.45) is 0. The molecule has 2 fully saturated rings. The SMILES string of the molecule is COc1ccc(C2=C(c3ccc(OC)cc3)[C@@]3(c4ccccc4)C(=O)[C@@]2(c2ccccc2)[C@H]2C(=O)OC(=O)[C@@H]23)cc1. The van der Waals surface area contributed by atoms with Crippen LogP contribution < -0.4 is 9.47 Å². The normalized spacial score (nSPS) is 26.2. The van der Waals surface area contributed by atoms with Crippen molar-refractivity contribution in [2.75, 3.05) is 14.2 Å². The van der Waals surface area contributed by atoms with Gasteiger partial charge in [0.25, 0.3) is 0 Å². The molecule has 4 aromatic rings. The summed E-state index contributed by atoms with van der Waals surface area (Å²) in [7, 11) is 3.19. The molecule has 7 rings (SSSR count). The van der Waals surface area contributed by atoms with Gasteiger partial charge >= 0.3 is 11.9 Å². The smallest absolute Gasteiger partial charge is 0.319 e. The van der Waals surface area contributed by atoms with E-state index in [1.165, 1.54) is 0 Å². The Balaban J connectivity index is 1.69. The number of ether oxygens (including phenoxy) is 3. The molecule has 1 aliphatic heterocycles. The molecular formula is C35H26O6. The highest BCUT2D eigenvalue weighted by atomic mass is 16.6. The maximum absolute atomic E-state index is 15.5. The van der Waals surface area contributed by atoms with Crippen LogP contribution in [-0.4, -0.2) is 31.9 Å². The summed E-state index contributed by atoms with van der Waals surface area (Å²) in [6.45, 7) is 0. The number of carbonyl (C=O) groups excluding carboxylic acids is 3. The fourth-order valence-corrected chi connectivity index (χ4v) is 7.45. The van der Waals surface area contributed by atoms with Crippen molar-refractivity contribution < 1.29 is 28.6 Å². The first kappa shape index (κ1) is 25.0. The lowest BCUT2D eigenvalue weighted by atomic mass is 9.59. The molecule has 1 saturated heterocycles. The van der Waals surface area contributed by atoms with Crippen molar-refractivity contribution in [3.63, 3.8) is 0 Å². The van der Waals surface area contributed by atoms with Gasteiger partial charge in [-0.15, -0.1) is 0 Å². The van der Waals surface area contributed by atoms with Crippen molar-refractivity contribution in [3.05, 3.63) is 131 Å². The molecule has 6 heteroatoms. The van der Waals surface area contributed by atoms with E-state index in [9.17, 15) is 9.59 Å². The van der Waals surface area contributed by atoms with Gasteiger partial charge in [-0.05, 0) is 57.7 Å². The lowest BCUT2D eigenvalue weighted by Crippen LogP contribution is -2.41. The van der Waals surface area contributed by atoms with Gasteiger partial charge in [0.15, 0.2) is 5.78 Å². The van der Waals surface area contributed by atoms with Crippen LogP contribution in [-0.2, 0) is 30.0 Å². The number of fused-ring (bicyclic) bond motifs is 5. The van der Waals surface area contributed by atoms with Gasteiger partial charge in [-0.2, -0.15) is 0 Å². The highest BCUT2D eigenvalue weighted by Gasteiger charge is 2.82. The van der Waals surface area contributed by atoms with Crippen LogP contribution in [0.2, 0.25) is 0 Å². The third-order valence-corrected chi connectivity index (χ3v) is 8.95. The van der Waals surface area contributed by atoms with Crippen LogP contribution in [0.4, 0.5) is 0 Å². The molecule has 41 heavy (non-hydrogen) atoms. The summed E-state index contributed by atoms with van der Waals surface area (Å²) in [5.41, 5.74) is 1.28. The van der Waals surface area contributed by atoms with Crippen molar-refractivity contribution in [1.29, 1.82) is 0 Å². The molecule has 2 aliphatic carbocycles. The maximum atomic E-state index is 15.5. The fraction of sp³-hybridized carbons (Fsp3) is 0.171. The third-order valence-electron chi connectivity index (χ3n) is 8.95. The second-order valence-electron chi connectivity index (χ2n) is 10.6. The van der Waals surface area contributed by atoms with Gasteiger partial charge in [0.2, 0.25) is 0 Å². The minimum Gasteiger partial charge on any atom is -0.497 e. The van der Waals surface area contributed by atoms with E-state index in [4.69, 9.17) is 14.2 Å². The molecule has 1 heterocycles. The van der Waals surface area contributed by atoms with E-state index in [-0.39, 0.29) is 5.78 Å². The summed E-state index contributed by atoms with van der Waals surface area (Å²) in [5.74, 6) is -2.26. The van der Waals surface area contributed by atoms with Crippen LogP contribution in [0.25, 0.3) is 11.1 Å². The molecular weight excluding hydrogens is 516 g/mol. The number of Topliss-reactive ketones (excluding diaryl/α,β-unsaturated/α-hetero) is 1. The predicted octanol–water partition coefficient (Wildman–Crippen LogP) is 5.40. The number of hydrogen-bond donors (Lipinski definition) is 0. The molecule has 202 valence electrons. The zero-order valence-corrected chi connectivity index (χ0v) is 22.5. The van der Waals surface area contributed by atoms with E-state index in [0.717, 1.165) is 11.1 Å². The first-order valence-electron chi connectivity index (χ1n) is 13.4. The number of rotatable bonds is 6. The topological polar surface area (TPSA) is 78.9 Å². The van der Waals surface area contributed by atoms with Crippen molar-refractivity contribution in [2.45, 2.75) is 10.8 Å². The van der Waals surface area contributed by atoms with Crippen molar-refractivity contribution in [3.8, 4) is 11.5 Å². The van der Waals surface area contributed by atoms with Gasteiger partial charge in [-0.3, -0.25) is 14.4 Å². The molecule has 0 radical (unpaired) electrons. The Labute approximate surface area is 237 Å². The minimum absolute atomic E-state index is 0.195. The van der Waals surface area contributed by atoms with Crippen LogP contribution >= 0.6 is 0 Å². The predicted molar refractivity (Wildman–Crippen MR) is 152 cm³/mol. The second kappa shape index (κ2) is 9.03. The van der Waals surface area contributed by atoms with Gasteiger partial charge in [0.05, 0.1) is 36.9 Å². The Morgan fingerprint density at radius 2 is 0.902 bits per heavy atom. The Bertz CT molecular complexity index is 1600. The quantitative estimate of drug-likeness (QED) is 0.240. The highest BCUT2D eigenvalue weighted by Crippen LogP contribution is 2.74. The summed E-state index contributed by atoms with van der Waals surface area (Å²) in [4.78, 5) is 42.9. The van der Waals surface area contributed by atoms with Gasteiger partial charge in [-0.25, -0.2) is 0 Å². The molecule has 4 aromatic carbocycles. The van der Waals surface area contributed by atoms with Crippen LogP contribution in [0.5, 0.6) is 11.5 Å². The maximum Gasteiger partial charge on any atom is 0.319 e. The largest absolute Gasteiger partial charge is 0.497 e. The van der Waals surface area contributed by atoms with Gasteiger partial charge < -0.3 is 14.2 Å². The average molecular weight is 543 g/mol. The van der Waals surface area contributed by atoms with Crippen LogP contribution in [0.3, 0.4) is 0 Å². The van der Waals surface area contributed by atoms with Crippen molar-refractivity contribution >= 4 is 28.9 Å². The lowest BCUT2D eigenvalue weighted by Gasteiger charge is -2.38. The zero-order valence-electron chi connectivity index (χ0n) is 22.5. The lowest BCUT2D eigenvalue weighted by molar-refractivity contribution is -0.156. The van der Waals surface area contributed by atoms with Gasteiger partial charge in [-0.1, -0.05) is 84.9 Å². The summed E-state index contributed by atoms with van der Waals surface area (Å²) < 4.78 is 16.3. The molecule has 6 nitrogen and oxygen atoms in total. The Kier molecular flexibility index (Phi) is 5.51. The Hall–Kier alpha value is -4.97. The van der Waals surface area contributed by atoms with E-state index >= 15 is 4.79 Å². The summed E-state index contributed by atoms with van der Waals surface area (Å²) in [6, 6.07) is 33.6. The molecule has 1 saturated carbocycles. The second-order valence-corrected chi connectivity index (χ2v) is 10.6. The fourth-order valence-electron chi connectivity index (χ4n) is 7.45. The standard InChI is InChI=1S/C35H26O6/c1-39-25-17-13-21(14-18-25)27-28(22-15-19-26(40-2)20-16-22)35(24-11-7-4-8-12-24)30-29(31(36)41-32(30)37)34(27,33(35)38)23-9-5-3-6-10-23/h3-20,29-30H,1-2H3/t29-,30-,34-,35-/m1/s1. The number of methoxy groups -OCH3 is 2. The molecule has 4 atom stereocenters. The summed E-state index contributed by atoms with van der Waals surface area (Å²) in [5, 5.41) is 0. The molecule has 0 aromatic heterocycles.